The lowest BCUT2D eigenvalue weighted by Gasteiger charge is -2.10. The molecule has 2 rings (SSSR count). The Labute approximate surface area is 139 Å². The number of nitro groups is 1. The molecule has 0 aliphatic carbocycles. The fourth-order valence-corrected chi connectivity index (χ4v) is 2.10. The van der Waals surface area contributed by atoms with Gasteiger partial charge < -0.3 is 9.47 Å². The SMILES string of the molecule is CCOC(=O)c1ccc([N+](=O)[O-])c(-c2ccc(OC(F)(F)F)cc2)c1. The predicted octanol–water partition coefficient (Wildman–Crippen LogP) is 4.34. The molecule has 0 saturated carbocycles. The number of benzene rings is 2. The molecule has 25 heavy (non-hydrogen) atoms. The highest BCUT2D eigenvalue weighted by molar-refractivity contribution is 5.92. The second kappa shape index (κ2) is 7.20. The van der Waals surface area contributed by atoms with Crippen LogP contribution in [-0.2, 0) is 4.74 Å². The molecule has 0 amide bonds. The van der Waals surface area contributed by atoms with E-state index in [2.05, 4.69) is 4.74 Å². The van der Waals surface area contributed by atoms with Crippen LogP contribution in [0.3, 0.4) is 0 Å². The highest BCUT2D eigenvalue weighted by atomic mass is 19.4. The number of carbonyl (C=O) groups excluding carboxylic acids is 1. The molecule has 0 saturated heterocycles. The minimum atomic E-state index is -4.84. The smallest absolute Gasteiger partial charge is 0.462 e. The normalized spacial score (nSPS) is 11.0. The van der Waals surface area contributed by atoms with E-state index in [4.69, 9.17) is 4.74 Å². The van der Waals surface area contributed by atoms with Crippen LogP contribution in [-0.4, -0.2) is 23.9 Å². The second-order valence-corrected chi connectivity index (χ2v) is 4.78. The predicted molar refractivity (Wildman–Crippen MR) is 81.2 cm³/mol. The van der Waals surface area contributed by atoms with E-state index in [1.807, 2.05) is 0 Å². The number of nitrogens with zero attached hydrogens (tertiary/aromatic N) is 1. The van der Waals surface area contributed by atoms with Gasteiger partial charge in [0.1, 0.15) is 5.75 Å². The second-order valence-electron chi connectivity index (χ2n) is 4.78. The number of halogens is 3. The molecular weight excluding hydrogens is 343 g/mol. The van der Waals surface area contributed by atoms with Gasteiger partial charge in [0.15, 0.2) is 0 Å². The summed E-state index contributed by atoms with van der Waals surface area (Å²) in [5.74, 6) is -1.11. The molecule has 0 spiro atoms. The summed E-state index contributed by atoms with van der Waals surface area (Å²) in [6.45, 7) is 1.75. The van der Waals surface area contributed by atoms with Crippen LogP contribution in [0.15, 0.2) is 42.5 Å². The van der Waals surface area contributed by atoms with Gasteiger partial charge in [-0.15, -0.1) is 13.2 Å². The molecule has 2 aromatic rings. The largest absolute Gasteiger partial charge is 0.573 e. The summed E-state index contributed by atoms with van der Waals surface area (Å²) in [6.07, 6.45) is -4.84. The fourth-order valence-electron chi connectivity index (χ4n) is 2.10. The molecule has 0 unspecified atom stereocenters. The molecule has 6 nitrogen and oxygen atoms in total. The van der Waals surface area contributed by atoms with E-state index in [0.29, 0.717) is 0 Å². The summed E-state index contributed by atoms with van der Waals surface area (Å²) in [5, 5.41) is 11.2. The van der Waals surface area contributed by atoms with Gasteiger partial charge in [0.2, 0.25) is 0 Å². The van der Waals surface area contributed by atoms with Crippen molar-refractivity contribution in [2.24, 2.45) is 0 Å². The van der Waals surface area contributed by atoms with E-state index in [9.17, 15) is 28.1 Å². The van der Waals surface area contributed by atoms with Crippen LogP contribution in [0.4, 0.5) is 18.9 Å². The number of hydrogen-bond donors (Lipinski definition) is 0. The van der Waals surface area contributed by atoms with Crippen molar-refractivity contribution < 1.29 is 32.4 Å². The van der Waals surface area contributed by atoms with E-state index < -0.39 is 23.0 Å². The molecule has 0 heterocycles. The first kappa shape index (κ1) is 18.2. The van der Waals surface area contributed by atoms with Crippen molar-refractivity contribution in [1.82, 2.24) is 0 Å². The van der Waals surface area contributed by atoms with Gasteiger partial charge in [-0.05, 0) is 36.8 Å². The minimum absolute atomic E-state index is 0.0779. The molecule has 0 atom stereocenters. The standard InChI is InChI=1S/C16H12F3NO5/c1-2-24-15(21)11-5-8-14(20(22)23)13(9-11)10-3-6-12(7-4-10)25-16(17,18)19/h3-9H,2H2,1H3. The third-order valence-corrected chi connectivity index (χ3v) is 3.10. The van der Waals surface area contributed by atoms with Crippen molar-refractivity contribution in [1.29, 1.82) is 0 Å². The van der Waals surface area contributed by atoms with Gasteiger partial charge in [-0.25, -0.2) is 4.79 Å². The third kappa shape index (κ3) is 4.69. The summed E-state index contributed by atoms with van der Waals surface area (Å²) < 4.78 is 45.2. The summed E-state index contributed by atoms with van der Waals surface area (Å²) >= 11 is 0. The molecule has 9 heteroatoms. The molecule has 0 N–H and O–H groups in total. The Morgan fingerprint density at radius 3 is 2.32 bits per heavy atom. The molecule has 0 aliphatic rings. The van der Waals surface area contributed by atoms with Crippen molar-refractivity contribution in [3.63, 3.8) is 0 Å². The Hall–Kier alpha value is -3.10. The van der Waals surface area contributed by atoms with Gasteiger partial charge in [0, 0.05) is 6.07 Å². The maximum Gasteiger partial charge on any atom is 0.573 e. The first-order valence-electron chi connectivity index (χ1n) is 7.03. The van der Waals surface area contributed by atoms with E-state index in [1.165, 1.54) is 24.3 Å². The van der Waals surface area contributed by atoms with Crippen LogP contribution >= 0.6 is 0 Å². The van der Waals surface area contributed by atoms with Crippen LogP contribution in [0.5, 0.6) is 5.75 Å². The Morgan fingerprint density at radius 1 is 1.16 bits per heavy atom. The number of carbonyl (C=O) groups is 1. The topological polar surface area (TPSA) is 78.7 Å². The van der Waals surface area contributed by atoms with E-state index in [-0.39, 0.29) is 29.0 Å². The van der Waals surface area contributed by atoms with Gasteiger partial charge >= 0.3 is 12.3 Å². The number of esters is 1. The number of alkyl halides is 3. The first-order valence-corrected chi connectivity index (χ1v) is 7.03. The first-order chi connectivity index (χ1) is 11.7. The highest BCUT2D eigenvalue weighted by Gasteiger charge is 2.31. The van der Waals surface area contributed by atoms with Crippen LogP contribution in [0.25, 0.3) is 11.1 Å². The van der Waals surface area contributed by atoms with E-state index >= 15 is 0 Å². The van der Waals surface area contributed by atoms with Crippen molar-refractivity contribution >= 4 is 11.7 Å². The van der Waals surface area contributed by atoms with E-state index in [0.717, 1.165) is 18.2 Å². The minimum Gasteiger partial charge on any atom is -0.462 e. The molecule has 132 valence electrons. The van der Waals surface area contributed by atoms with Crippen LogP contribution in [0.1, 0.15) is 17.3 Å². The quantitative estimate of drug-likeness (QED) is 0.453. The molecule has 0 aliphatic heterocycles. The third-order valence-electron chi connectivity index (χ3n) is 3.10. The molecule has 0 fully saturated rings. The van der Waals surface area contributed by atoms with Crippen molar-refractivity contribution in [2.45, 2.75) is 13.3 Å². The number of rotatable bonds is 5. The van der Waals surface area contributed by atoms with E-state index in [1.54, 1.807) is 6.92 Å². The molecule has 0 aromatic heterocycles. The van der Waals surface area contributed by atoms with Crippen LogP contribution < -0.4 is 4.74 Å². The summed E-state index contributed by atoms with van der Waals surface area (Å²) in [4.78, 5) is 22.3. The average molecular weight is 355 g/mol. The Balaban J connectivity index is 2.43. The van der Waals surface area contributed by atoms with Crippen LogP contribution in [0, 0.1) is 10.1 Å². The maximum absolute atomic E-state index is 12.2. The van der Waals surface area contributed by atoms with Gasteiger partial charge in [-0.1, -0.05) is 12.1 Å². The Kier molecular flexibility index (Phi) is 5.26. The van der Waals surface area contributed by atoms with Gasteiger partial charge in [-0.3, -0.25) is 10.1 Å². The Morgan fingerprint density at radius 2 is 1.80 bits per heavy atom. The molecule has 0 radical (unpaired) electrons. The summed E-state index contributed by atoms with van der Waals surface area (Å²) in [5.41, 5.74) is 0.136. The molecule has 0 bridgehead atoms. The zero-order chi connectivity index (χ0) is 18.6. The number of ether oxygens (including phenoxy) is 2. The lowest BCUT2D eigenvalue weighted by molar-refractivity contribution is -0.384. The van der Waals surface area contributed by atoms with Gasteiger partial charge in [-0.2, -0.15) is 0 Å². The lowest BCUT2D eigenvalue weighted by Crippen LogP contribution is -2.16. The maximum atomic E-state index is 12.2. The number of hydrogen-bond acceptors (Lipinski definition) is 5. The molecular formula is C16H12F3NO5. The summed E-state index contributed by atoms with van der Waals surface area (Å²) in [7, 11) is 0. The van der Waals surface area contributed by atoms with Crippen molar-refractivity contribution in [3.8, 4) is 16.9 Å². The number of nitro benzene ring substituents is 1. The lowest BCUT2D eigenvalue weighted by atomic mass is 10.0. The average Bonchev–Trinajstić information content (AvgIpc) is 2.53. The Bertz CT molecular complexity index is 787. The highest BCUT2D eigenvalue weighted by Crippen LogP contribution is 2.33. The fraction of sp³-hybridized carbons (Fsp3) is 0.188. The molecule has 2 aromatic carbocycles. The van der Waals surface area contributed by atoms with Crippen LogP contribution in [0.2, 0.25) is 0 Å². The van der Waals surface area contributed by atoms with Crippen molar-refractivity contribution in [3.05, 3.63) is 58.1 Å². The van der Waals surface area contributed by atoms with Crippen molar-refractivity contribution in [2.75, 3.05) is 6.61 Å². The summed E-state index contributed by atoms with van der Waals surface area (Å²) in [6, 6.07) is 8.18. The monoisotopic (exact) mass is 355 g/mol. The van der Waals surface area contributed by atoms with Gasteiger partial charge in [0.25, 0.3) is 5.69 Å². The van der Waals surface area contributed by atoms with Gasteiger partial charge in [0.05, 0.1) is 22.7 Å². The zero-order valence-electron chi connectivity index (χ0n) is 12.9. The zero-order valence-corrected chi connectivity index (χ0v) is 12.9.